The lowest BCUT2D eigenvalue weighted by Crippen LogP contribution is -2.37. The number of aliphatic imine (C=N–C) groups is 1. The predicted octanol–water partition coefficient (Wildman–Crippen LogP) is 2.54. The van der Waals surface area contributed by atoms with Crippen LogP contribution < -0.4 is 10.6 Å². The first-order valence-corrected chi connectivity index (χ1v) is 7.84. The molecule has 2 N–H and O–H groups in total. The summed E-state index contributed by atoms with van der Waals surface area (Å²) < 4.78 is 16.4. The van der Waals surface area contributed by atoms with E-state index in [4.69, 9.17) is 0 Å². The van der Waals surface area contributed by atoms with E-state index in [1.807, 2.05) is 16.9 Å². The van der Waals surface area contributed by atoms with E-state index in [0.29, 0.717) is 18.1 Å². The highest BCUT2D eigenvalue weighted by molar-refractivity contribution is 9.10. The number of nitrogens with one attached hydrogen (secondary N) is 2. The molecule has 0 atom stereocenters. The van der Waals surface area contributed by atoms with E-state index in [1.165, 1.54) is 6.07 Å². The molecule has 7 heteroatoms. The lowest BCUT2D eigenvalue weighted by molar-refractivity contribution is 0.569. The fourth-order valence-corrected chi connectivity index (χ4v) is 2.37. The van der Waals surface area contributed by atoms with Gasteiger partial charge in [-0.15, -0.1) is 0 Å². The summed E-state index contributed by atoms with van der Waals surface area (Å²) in [6.07, 6.45) is 4.62. The van der Waals surface area contributed by atoms with Crippen LogP contribution in [0.15, 0.2) is 46.1 Å². The minimum Gasteiger partial charge on any atom is -0.356 e. The van der Waals surface area contributed by atoms with Crippen LogP contribution in [0.1, 0.15) is 12.0 Å². The third kappa shape index (κ3) is 5.14. The molecule has 0 unspecified atom stereocenters. The number of hydrogen-bond donors (Lipinski definition) is 2. The van der Waals surface area contributed by atoms with Crippen LogP contribution in [0, 0.1) is 5.82 Å². The van der Waals surface area contributed by atoms with Crippen LogP contribution in [0.5, 0.6) is 0 Å². The molecule has 0 radical (unpaired) electrons. The summed E-state index contributed by atoms with van der Waals surface area (Å²) in [7, 11) is 1.69. The summed E-state index contributed by atoms with van der Waals surface area (Å²) in [5, 5.41) is 10.4. The average Bonchev–Trinajstić information content (AvgIpc) is 3.03. The molecule has 2 rings (SSSR count). The number of aromatic nitrogens is 2. The van der Waals surface area contributed by atoms with Gasteiger partial charge in [0.15, 0.2) is 5.96 Å². The van der Waals surface area contributed by atoms with E-state index in [1.54, 1.807) is 25.4 Å². The predicted molar refractivity (Wildman–Crippen MR) is 89.1 cm³/mol. The second kappa shape index (κ2) is 8.53. The van der Waals surface area contributed by atoms with E-state index in [-0.39, 0.29) is 5.82 Å². The smallest absolute Gasteiger partial charge is 0.191 e. The number of aryl methyl sites for hydroxylation is 1. The number of halogens is 2. The summed E-state index contributed by atoms with van der Waals surface area (Å²) in [6.45, 7) is 1.99. The largest absolute Gasteiger partial charge is 0.356 e. The molecule has 118 valence electrons. The van der Waals surface area contributed by atoms with Crippen molar-refractivity contribution in [3.05, 3.63) is 52.5 Å². The highest BCUT2D eigenvalue weighted by Gasteiger charge is 2.04. The van der Waals surface area contributed by atoms with Crippen molar-refractivity contribution in [1.29, 1.82) is 0 Å². The Balaban J connectivity index is 1.74. The Labute approximate surface area is 137 Å². The molecule has 2 aromatic rings. The molecule has 1 aromatic heterocycles. The van der Waals surface area contributed by atoms with E-state index in [0.717, 1.165) is 24.0 Å². The molecule has 1 heterocycles. The molecule has 0 aliphatic carbocycles. The minimum absolute atomic E-state index is 0.232. The fraction of sp³-hybridized carbons (Fsp3) is 0.333. The Hall–Kier alpha value is -1.89. The van der Waals surface area contributed by atoms with Crippen LogP contribution >= 0.6 is 15.9 Å². The van der Waals surface area contributed by atoms with Gasteiger partial charge in [-0.2, -0.15) is 5.10 Å². The van der Waals surface area contributed by atoms with Gasteiger partial charge in [0.25, 0.3) is 0 Å². The molecule has 1 aromatic carbocycles. The van der Waals surface area contributed by atoms with E-state index in [9.17, 15) is 4.39 Å². The van der Waals surface area contributed by atoms with Gasteiger partial charge in [-0.05, 0) is 30.7 Å². The third-order valence-electron chi connectivity index (χ3n) is 3.09. The summed E-state index contributed by atoms with van der Waals surface area (Å²) in [4.78, 5) is 4.13. The van der Waals surface area contributed by atoms with Crippen LogP contribution in [0.3, 0.4) is 0 Å². The normalized spacial score (nSPS) is 11.5. The summed E-state index contributed by atoms with van der Waals surface area (Å²) in [5.74, 6) is 0.421. The summed E-state index contributed by atoms with van der Waals surface area (Å²) in [6, 6.07) is 6.79. The van der Waals surface area contributed by atoms with Gasteiger partial charge < -0.3 is 10.6 Å². The maximum atomic E-state index is 13.7. The van der Waals surface area contributed by atoms with E-state index >= 15 is 0 Å². The Bertz CT molecular complexity index is 612. The first kappa shape index (κ1) is 16.5. The van der Waals surface area contributed by atoms with Crippen LogP contribution in [0.4, 0.5) is 4.39 Å². The van der Waals surface area contributed by atoms with Crippen molar-refractivity contribution in [2.45, 2.75) is 19.5 Å². The number of nitrogens with zero attached hydrogens (tertiary/aromatic N) is 3. The van der Waals surface area contributed by atoms with Gasteiger partial charge in [0.2, 0.25) is 0 Å². The van der Waals surface area contributed by atoms with Gasteiger partial charge in [0.05, 0.1) is 0 Å². The third-order valence-corrected chi connectivity index (χ3v) is 3.59. The lowest BCUT2D eigenvalue weighted by atomic mass is 10.2. The first-order chi connectivity index (χ1) is 10.7. The molecule has 0 fully saturated rings. The lowest BCUT2D eigenvalue weighted by Gasteiger charge is -2.12. The van der Waals surface area contributed by atoms with Crippen LogP contribution in [-0.4, -0.2) is 29.3 Å². The molecule has 22 heavy (non-hydrogen) atoms. The Kier molecular flexibility index (Phi) is 6.39. The highest BCUT2D eigenvalue weighted by atomic mass is 79.9. The second-order valence-corrected chi connectivity index (χ2v) is 5.63. The van der Waals surface area contributed by atoms with Gasteiger partial charge in [-0.1, -0.05) is 15.9 Å². The van der Waals surface area contributed by atoms with Crippen LogP contribution in [-0.2, 0) is 13.1 Å². The molecule has 0 amide bonds. The maximum absolute atomic E-state index is 13.7. The molecule has 0 aliphatic heterocycles. The van der Waals surface area contributed by atoms with Gasteiger partial charge >= 0.3 is 0 Å². The number of hydrogen-bond acceptors (Lipinski definition) is 2. The van der Waals surface area contributed by atoms with Crippen LogP contribution in [0.2, 0.25) is 0 Å². The second-order valence-electron chi connectivity index (χ2n) is 4.71. The SMILES string of the molecule is CN=C(NCCCn1cccn1)NCc1cc(Br)ccc1F. The van der Waals surface area contributed by atoms with Gasteiger partial charge in [0.1, 0.15) is 5.82 Å². The van der Waals surface area contributed by atoms with Gasteiger partial charge in [-0.25, -0.2) is 4.39 Å². The van der Waals surface area contributed by atoms with E-state index in [2.05, 4.69) is 36.7 Å². The van der Waals surface area contributed by atoms with Crippen molar-refractivity contribution in [1.82, 2.24) is 20.4 Å². The maximum Gasteiger partial charge on any atom is 0.191 e. The molecule has 0 spiro atoms. The van der Waals surface area contributed by atoms with Gasteiger partial charge in [-0.3, -0.25) is 9.67 Å². The Morgan fingerprint density at radius 2 is 2.27 bits per heavy atom. The topological polar surface area (TPSA) is 54.2 Å². The average molecular weight is 368 g/mol. The number of benzene rings is 1. The molecule has 0 saturated heterocycles. The fourth-order valence-electron chi connectivity index (χ4n) is 1.96. The first-order valence-electron chi connectivity index (χ1n) is 7.05. The van der Waals surface area contributed by atoms with Crippen molar-refractivity contribution in [2.24, 2.45) is 4.99 Å². The molecule has 0 saturated carbocycles. The monoisotopic (exact) mass is 367 g/mol. The van der Waals surface area contributed by atoms with E-state index < -0.39 is 0 Å². The standard InChI is InChI=1S/C15H19BrFN5/c1-18-15(19-6-2-8-22-9-3-7-21-22)20-11-12-10-13(16)4-5-14(12)17/h3-5,7,9-10H,2,6,8,11H2,1H3,(H2,18,19,20). The Morgan fingerprint density at radius 1 is 1.41 bits per heavy atom. The zero-order valence-corrected chi connectivity index (χ0v) is 14.0. The quantitative estimate of drug-likeness (QED) is 0.468. The molecular weight excluding hydrogens is 349 g/mol. The zero-order valence-electron chi connectivity index (χ0n) is 12.4. The molecular formula is C15H19BrFN5. The Morgan fingerprint density at radius 3 is 3.00 bits per heavy atom. The number of rotatable bonds is 6. The van der Waals surface area contributed by atoms with Crippen molar-refractivity contribution >= 4 is 21.9 Å². The molecule has 5 nitrogen and oxygen atoms in total. The highest BCUT2D eigenvalue weighted by Crippen LogP contribution is 2.15. The van der Waals surface area contributed by atoms with Crippen molar-refractivity contribution in [2.75, 3.05) is 13.6 Å². The zero-order chi connectivity index (χ0) is 15.8. The van der Waals surface area contributed by atoms with Crippen molar-refractivity contribution < 1.29 is 4.39 Å². The van der Waals surface area contributed by atoms with Crippen molar-refractivity contribution in [3.8, 4) is 0 Å². The van der Waals surface area contributed by atoms with Gasteiger partial charge in [0, 0.05) is 49.1 Å². The summed E-state index contributed by atoms with van der Waals surface area (Å²) in [5.41, 5.74) is 0.592. The molecule has 0 aliphatic rings. The number of guanidine groups is 1. The van der Waals surface area contributed by atoms with Crippen molar-refractivity contribution in [3.63, 3.8) is 0 Å². The van der Waals surface area contributed by atoms with Crippen LogP contribution in [0.25, 0.3) is 0 Å². The molecule has 0 bridgehead atoms. The minimum atomic E-state index is -0.232. The summed E-state index contributed by atoms with van der Waals surface area (Å²) >= 11 is 3.34.